The fraction of sp³-hybridized carbons (Fsp3) is 0.308. The maximum atomic E-state index is 12.4. The summed E-state index contributed by atoms with van der Waals surface area (Å²) in [6, 6.07) is 4.35. The van der Waals surface area contributed by atoms with Crippen LogP contribution in [0.5, 0.6) is 0 Å². The molecule has 0 aliphatic carbocycles. The molecule has 0 unspecified atom stereocenters. The topological polar surface area (TPSA) is 38.3 Å². The largest absolute Gasteiger partial charge is 0.445 e. The molecule has 0 saturated carbocycles. The van der Waals surface area contributed by atoms with E-state index in [1.54, 1.807) is 6.08 Å². The Bertz CT molecular complexity index is 477. The van der Waals surface area contributed by atoms with Crippen LogP contribution in [0.15, 0.2) is 35.9 Å². The third kappa shape index (κ3) is 5.46. The highest BCUT2D eigenvalue weighted by molar-refractivity contribution is 5.84. The highest BCUT2D eigenvalue weighted by Crippen LogP contribution is 2.30. The molecule has 0 fully saturated rings. The Morgan fingerprint density at radius 1 is 1.37 bits per heavy atom. The highest BCUT2D eigenvalue weighted by atomic mass is 19.4. The summed E-state index contributed by atoms with van der Waals surface area (Å²) in [6.45, 7) is 3.76. The molecule has 0 aliphatic rings. The van der Waals surface area contributed by atoms with Gasteiger partial charge in [-0.05, 0) is 38.1 Å². The molecule has 0 aliphatic heterocycles. The third-order valence-corrected chi connectivity index (χ3v) is 2.14. The molecule has 1 amide bonds. The number of allylic oxidation sites excluding steroid dienone is 1. The van der Waals surface area contributed by atoms with Crippen molar-refractivity contribution in [3.63, 3.8) is 0 Å². The predicted octanol–water partition coefficient (Wildman–Crippen LogP) is 4.22. The second-order valence-corrected chi connectivity index (χ2v) is 4.08. The lowest BCUT2D eigenvalue weighted by molar-refractivity contribution is -0.137. The van der Waals surface area contributed by atoms with Crippen LogP contribution < -0.4 is 5.32 Å². The van der Waals surface area contributed by atoms with E-state index in [0.717, 1.165) is 17.7 Å². The Labute approximate surface area is 109 Å². The standard InChI is InChI=1S/C13H14F3NO2/c1-9(2)6-7-19-12(18)17-11-5-3-4-10(8-11)13(14,15)16/h3-6,8H,7H2,1-2H3,(H,17,18). The van der Waals surface area contributed by atoms with Crippen molar-refractivity contribution in [2.45, 2.75) is 20.0 Å². The van der Waals surface area contributed by atoms with Crippen molar-refractivity contribution in [3.8, 4) is 0 Å². The van der Waals surface area contributed by atoms with Crippen LogP contribution in [-0.4, -0.2) is 12.7 Å². The Kier molecular flexibility index (Phi) is 4.97. The molecule has 1 aromatic carbocycles. The normalized spacial score (nSPS) is 10.8. The summed E-state index contributed by atoms with van der Waals surface area (Å²) in [7, 11) is 0. The van der Waals surface area contributed by atoms with Crippen LogP contribution in [0.2, 0.25) is 0 Å². The zero-order valence-electron chi connectivity index (χ0n) is 10.5. The lowest BCUT2D eigenvalue weighted by atomic mass is 10.2. The van der Waals surface area contributed by atoms with E-state index >= 15 is 0 Å². The van der Waals surface area contributed by atoms with Crippen LogP contribution in [0.4, 0.5) is 23.7 Å². The first kappa shape index (κ1) is 15.1. The molecule has 19 heavy (non-hydrogen) atoms. The van der Waals surface area contributed by atoms with Crippen molar-refractivity contribution in [2.24, 2.45) is 0 Å². The number of ether oxygens (including phenoxy) is 1. The number of alkyl halides is 3. The zero-order chi connectivity index (χ0) is 14.5. The molecule has 0 radical (unpaired) electrons. The van der Waals surface area contributed by atoms with Crippen LogP contribution >= 0.6 is 0 Å². The molecule has 0 atom stereocenters. The van der Waals surface area contributed by atoms with Crippen LogP contribution in [0.1, 0.15) is 19.4 Å². The van der Waals surface area contributed by atoms with Gasteiger partial charge in [0.2, 0.25) is 0 Å². The molecule has 0 bridgehead atoms. The molecule has 3 nitrogen and oxygen atoms in total. The van der Waals surface area contributed by atoms with Gasteiger partial charge in [0.05, 0.1) is 5.56 Å². The van der Waals surface area contributed by atoms with Gasteiger partial charge >= 0.3 is 12.3 Å². The fourth-order valence-electron chi connectivity index (χ4n) is 1.21. The number of rotatable bonds is 3. The lowest BCUT2D eigenvalue weighted by Crippen LogP contribution is -2.14. The monoisotopic (exact) mass is 273 g/mol. The van der Waals surface area contributed by atoms with E-state index in [-0.39, 0.29) is 12.3 Å². The zero-order valence-corrected chi connectivity index (χ0v) is 10.5. The average molecular weight is 273 g/mol. The summed E-state index contributed by atoms with van der Waals surface area (Å²) in [4.78, 5) is 11.3. The summed E-state index contributed by atoms with van der Waals surface area (Å²) in [5.41, 5.74) is 0.193. The number of hydrogen-bond donors (Lipinski definition) is 1. The number of carbonyl (C=O) groups excluding carboxylic acids is 1. The van der Waals surface area contributed by atoms with E-state index in [2.05, 4.69) is 5.32 Å². The second kappa shape index (κ2) is 6.26. The van der Waals surface area contributed by atoms with E-state index in [4.69, 9.17) is 4.74 Å². The minimum absolute atomic E-state index is 0.0389. The summed E-state index contributed by atoms with van der Waals surface area (Å²) in [5, 5.41) is 2.24. The van der Waals surface area contributed by atoms with Gasteiger partial charge in [-0.15, -0.1) is 0 Å². The quantitative estimate of drug-likeness (QED) is 0.837. The first-order valence-electron chi connectivity index (χ1n) is 5.53. The minimum Gasteiger partial charge on any atom is -0.445 e. The van der Waals surface area contributed by atoms with E-state index in [1.807, 2.05) is 13.8 Å². The first-order chi connectivity index (χ1) is 8.79. The molecule has 1 rings (SSSR count). The maximum Gasteiger partial charge on any atom is 0.416 e. The van der Waals surface area contributed by atoms with Gasteiger partial charge in [-0.2, -0.15) is 13.2 Å². The van der Waals surface area contributed by atoms with E-state index < -0.39 is 17.8 Å². The van der Waals surface area contributed by atoms with Gasteiger partial charge in [-0.3, -0.25) is 5.32 Å². The van der Waals surface area contributed by atoms with Crippen LogP contribution in [-0.2, 0) is 10.9 Å². The Morgan fingerprint density at radius 3 is 2.63 bits per heavy atom. The molecule has 0 saturated heterocycles. The SMILES string of the molecule is CC(C)=CCOC(=O)Nc1cccc(C(F)(F)F)c1. The summed E-state index contributed by atoms with van der Waals surface area (Å²) < 4.78 is 42.1. The van der Waals surface area contributed by atoms with Crippen molar-refractivity contribution >= 4 is 11.8 Å². The van der Waals surface area contributed by atoms with Crippen LogP contribution in [0.25, 0.3) is 0 Å². The van der Waals surface area contributed by atoms with E-state index in [9.17, 15) is 18.0 Å². The average Bonchev–Trinajstić information content (AvgIpc) is 2.27. The summed E-state index contributed by atoms with van der Waals surface area (Å²) >= 11 is 0. The number of benzene rings is 1. The van der Waals surface area contributed by atoms with Crippen molar-refractivity contribution in [2.75, 3.05) is 11.9 Å². The number of nitrogens with one attached hydrogen (secondary N) is 1. The molecule has 1 aromatic rings. The van der Waals surface area contributed by atoms with Gasteiger partial charge in [0.15, 0.2) is 0 Å². The predicted molar refractivity (Wildman–Crippen MR) is 65.8 cm³/mol. The van der Waals surface area contributed by atoms with E-state index in [1.165, 1.54) is 12.1 Å². The Hall–Kier alpha value is -1.98. The van der Waals surface area contributed by atoms with Crippen molar-refractivity contribution < 1.29 is 22.7 Å². The Morgan fingerprint density at radius 2 is 2.05 bits per heavy atom. The van der Waals surface area contributed by atoms with Gasteiger partial charge in [-0.1, -0.05) is 11.6 Å². The van der Waals surface area contributed by atoms with Crippen molar-refractivity contribution in [1.82, 2.24) is 0 Å². The van der Waals surface area contributed by atoms with Gasteiger partial charge < -0.3 is 4.74 Å². The molecule has 0 aromatic heterocycles. The fourth-order valence-corrected chi connectivity index (χ4v) is 1.21. The number of amides is 1. The smallest absolute Gasteiger partial charge is 0.416 e. The molecule has 104 valence electrons. The highest BCUT2D eigenvalue weighted by Gasteiger charge is 2.30. The maximum absolute atomic E-state index is 12.4. The molecular formula is C13H14F3NO2. The first-order valence-corrected chi connectivity index (χ1v) is 5.53. The molecular weight excluding hydrogens is 259 g/mol. The number of anilines is 1. The Balaban J connectivity index is 2.62. The van der Waals surface area contributed by atoms with Crippen LogP contribution in [0.3, 0.4) is 0 Å². The minimum atomic E-state index is -4.44. The van der Waals surface area contributed by atoms with E-state index in [0.29, 0.717) is 0 Å². The van der Waals surface area contributed by atoms with Gasteiger partial charge in [-0.25, -0.2) is 4.79 Å². The molecule has 1 N–H and O–H groups in total. The van der Waals surface area contributed by atoms with Gasteiger partial charge in [0.25, 0.3) is 0 Å². The summed E-state index contributed by atoms with van der Waals surface area (Å²) in [5.74, 6) is 0. The second-order valence-electron chi connectivity index (χ2n) is 4.08. The van der Waals surface area contributed by atoms with Crippen molar-refractivity contribution in [1.29, 1.82) is 0 Å². The van der Waals surface area contributed by atoms with Crippen LogP contribution in [0, 0.1) is 0 Å². The number of hydrogen-bond acceptors (Lipinski definition) is 2. The number of carbonyl (C=O) groups is 1. The molecule has 0 heterocycles. The summed E-state index contributed by atoms with van der Waals surface area (Å²) in [6.07, 6.45) is -3.55. The van der Waals surface area contributed by atoms with Gasteiger partial charge in [0, 0.05) is 5.69 Å². The third-order valence-electron chi connectivity index (χ3n) is 2.14. The molecule has 0 spiro atoms. The lowest BCUT2D eigenvalue weighted by Gasteiger charge is -2.09. The van der Waals surface area contributed by atoms with Gasteiger partial charge in [0.1, 0.15) is 6.61 Å². The van der Waals surface area contributed by atoms with Crippen molar-refractivity contribution in [3.05, 3.63) is 41.5 Å². The molecule has 6 heteroatoms. The number of halogens is 3.